The van der Waals surface area contributed by atoms with Crippen LogP contribution in [-0.4, -0.2) is 24.6 Å². The molecule has 0 radical (unpaired) electrons. The minimum Gasteiger partial charge on any atom is -0.338 e. The van der Waals surface area contributed by atoms with E-state index in [-0.39, 0.29) is 23.5 Å². The molecule has 4 amide bonds. The molecule has 1 aliphatic rings. The number of amides is 4. The number of anilines is 2. The predicted octanol–water partition coefficient (Wildman–Crippen LogP) is 5.28. The lowest BCUT2D eigenvalue weighted by atomic mass is 9.58. The average Bonchev–Trinajstić information content (AvgIpc) is 2.69. The van der Waals surface area contributed by atoms with E-state index in [0.717, 1.165) is 40.0 Å². The molecule has 1 fully saturated rings. The molecule has 0 bridgehead atoms. The molecule has 166 valence electrons. The molecule has 2 aromatic carbocycles. The van der Waals surface area contributed by atoms with Crippen molar-refractivity contribution in [2.24, 2.45) is 11.3 Å². The Morgan fingerprint density at radius 2 is 1.39 bits per heavy atom. The highest BCUT2D eigenvalue weighted by atomic mass is 16.2. The first-order valence-electron chi connectivity index (χ1n) is 10.8. The zero-order chi connectivity index (χ0) is 22.8. The number of hydrogen-bond acceptors (Lipinski definition) is 2. The topological polar surface area (TPSA) is 82.3 Å². The monoisotopic (exact) mass is 422 g/mol. The van der Waals surface area contributed by atoms with E-state index in [0.29, 0.717) is 12.5 Å². The Hall–Kier alpha value is -3.02. The molecule has 2 atom stereocenters. The summed E-state index contributed by atoms with van der Waals surface area (Å²) in [6.07, 6.45) is 0.830. The van der Waals surface area contributed by atoms with Gasteiger partial charge in [-0.25, -0.2) is 9.59 Å². The van der Waals surface area contributed by atoms with Crippen LogP contribution in [0.4, 0.5) is 21.0 Å². The van der Waals surface area contributed by atoms with Crippen LogP contribution in [0.25, 0.3) is 0 Å². The third-order valence-corrected chi connectivity index (χ3v) is 6.57. The van der Waals surface area contributed by atoms with Gasteiger partial charge in [-0.1, -0.05) is 38.1 Å². The van der Waals surface area contributed by atoms with Crippen LogP contribution >= 0.6 is 0 Å². The average molecular weight is 423 g/mol. The van der Waals surface area contributed by atoms with E-state index in [2.05, 4.69) is 35.1 Å². The Bertz CT molecular complexity index is 983. The second-order valence-corrected chi connectivity index (χ2v) is 9.38. The van der Waals surface area contributed by atoms with Crippen molar-refractivity contribution in [3.05, 3.63) is 58.7 Å². The van der Waals surface area contributed by atoms with E-state index in [4.69, 9.17) is 0 Å². The van der Waals surface area contributed by atoms with Crippen molar-refractivity contribution in [2.75, 3.05) is 17.2 Å². The van der Waals surface area contributed by atoms with E-state index < -0.39 is 0 Å². The highest BCUT2D eigenvalue weighted by molar-refractivity contribution is 5.91. The first-order valence-corrected chi connectivity index (χ1v) is 10.8. The Balaban J connectivity index is 1.48. The largest absolute Gasteiger partial charge is 0.338 e. The van der Waals surface area contributed by atoms with Gasteiger partial charge < -0.3 is 21.3 Å². The van der Waals surface area contributed by atoms with Crippen LogP contribution in [0.2, 0.25) is 0 Å². The number of carbonyl (C=O) groups is 2. The maximum atomic E-state index is 12.5. The Kier molecular flexibility index (Phi) is 6.58. The molecule has 31 heavy (non-hydrogen) atoms. The summed E-state index contributed by atoms with van der Waals surface area (Å²) in [6.45, 7) is 12.8. The third-order valence-electron chi connectivity index (χ3n) is 6.57. The highest BCUT2D eigenvalue weighted by Crippen LogP contribution is 2.45. The zero-order valence-electron chi connectivity index (χ0n) is 19.3. The van der Waals surface area contributed by atoms with Crippen molar-refractivity contribution in [1.29, 1.82) is 0 Å². The minimum absolute atomic E-state index is 0.0616. The van der Waals surface area contributed by atoms with Crippen LogP contribution in [0, 0.1) is 39.0 Å². The Morgan fingerprint density at radius 1 is 0.871 bits per heavy atom. The third kappa shape index (κ3) is 5.37. The number of aryl methyl sites for hydroxylation is 4. The van der Waals surface area contributed by atoms with Crippen molar-refractivity contribution >= 4 is 23.4 Å². The van der Waals surface area contributed by atoms with Gasteiger partial charge in [0, 0.05) is 24.0 Å². The number of nitrogens with one attached hydrogen (secondary N) is 4. The molecule has 0 saturated heterocycles. The van der Waals surface area contributed by atoms with Gasteiger partial charge in [-0.2, -0.15) is 0 Å². The molecular weight excluding hydrogens is 388 g/mol. The van der Waals surface area contributed by atoms with Crippen molar-refractivity contribution in [3.8, 4) is 0 Å². The SMILES string of the molecule is Cc1ccc(C)c(NC(=O)NC[C@H]2C[C@H](NC(=O)Nc3cc(C)ccc3C)C2(C)C)c1. The summed E-state index contributed by atoms with van der Waals surface area (Å²) in [5.41, 5.74) is 5.83. The minimum atomic E-state index is -0.200. The fourth-order valence-corrected chi connectivity index (χ4v) is 4.05. The Morgan fingerprint density at radius 3 is 1.90 bits per heavy atom. The zero-order valence-corrected chi connectivity index (χ0v) is 19.3. The van der Waals surface area contributed by atoms with Crippen LogP contribution in [0.15, 0.2) is 36.4 Å². The second-order valence-electron chi connectivity index (χ2n) is 9.38. The second kappa shape index (κ2) is 9.00. The number of hydrogen-bond donors (Lipinski definition) is 4. The maximum absolute atomic E-state index is 12.5. The normalized spacial score (nSPS) is 19.2. The molecule has 0 heterocycles. The number of rotatable bonds is 5. The molecular formula is C25H34N4O2. The fraction of sp³-hybridized carbons (Fsp3) is 0.440. The molecule has 2 aromatic rings. The predicted molar refractivity (Wildman–Crippen MR) is 127 cm³/mol. The summed E-state index contributed by atoms with van der Waals surface area (Å²) in [5, 5.41) is 12.0. The lowest BCUT2D eigenvalue weighted by molar-refractivity contribution is 0.0244. The van der Waals surface area contributed by atoms with E-state index in [9.17, 15) is 9.59 Å². The van der Waals surface area contributed by atoms with Crippen LogP contribution in [-0.2, 0) is 0 Å². The van der Waals surface area contributed by atoms with Gasteiger partial charge in [-0.15, -0.1) is 0 Å². The molecule has 4 N–H and O–H groups in total. The number of benzene rings is 2. The summed E-state index contributed by atoms with van der Waals surface area (Å²) in [5.74, 6) is 0.294. The van der Waals surface area contributed by atoms with Crippen LogP contribution < -0.4 is 21.3 Å². The van der Waals surface area contributed by atoms with E-state index >= 15 is 0 Å². The van der Waals surface area contributed by atoms with Crippen molar-refractivity contribution in [2.45, 2.75) is 54.0 Å². The van der Waals surface area contributed by atoms with Crippen LogP contribution in [0.1, 0.15) is 42.5 Å². The summed E-state index contributed by atoms with van der Waals surface area (Å²) in [4.78, 5) is 24.9. The molecule has 3 rings (SSSR count). The molecule has 1 saturated carbocycles. The van der Waals surface area contributed by atoms with Crippen LogP contribution in [0.3, 0.4) is 0 Å². The molecule has 1 aliphatic carbocycles. The van der Waals surface area contributed by atoms with Gasteiger partial charge in [0.25, 0.3) is 0 Å². The lowest BCUT2D eigenvalue weighted by Gasteiger charge is -2.52. The highest BCUT2D eigenvalue weighted by Gasteiger charge is 2.48. The molecule has 0 spiro atoms. The molecule has 0 aliphatic heterocycles. The smallest absolute Gasteiger partial charge is 0.319 e. The van der Waals surface area contributed by atoms with Crippen molar-refractivity contribution in [1.82, 2.24) is 10.6 Å². The van der Waals surface area contributed by atoms with Gasteiger partial charge in [0.05, 0.1) is 0 Å². The quantitative estimate of drug-likeness (QED) is 0.529. The van der Waals surface area contributed by atoms with Gasteiger partial charge >= 0.3 is 12.1 Å². The Labute approximate surface area is 185 Å². The van der Waals surface area contributed by atoms with E-state index in [1.54, 1.807) is 0 Å². The van der Waals surface area contributed by atoms with Gasteiger partial charge in [-0.05, 0) is 79.8 Å². The number of urea groups is 2. The van der Waals surface area contributed by atoms with Crippen molar-refractivity contribution in [3.63, 3.8) is 0 Å². The van der Waals surface area contributed by atoms with E-state index in [1.807, 2.05) is 64.1 Å². The summed E-state index contributed by atoms with van der Waals surface area (Å²) >= 11 is 0. The summed E-state index contributed by atoms with van der Waals surface area (Å²) in [7, 11) is 0. The standard InChI is InChI=1S/C25H34N4O2/c1-15-7-9-17(3)20(11-15)27-23(30)26-14-19-13-22(25(19,5)6)29-24(31)28-21-12-16(2)8-10-18(21)4/h7-12,19,22H,13-14H2,1-6H3,(H2,26,27,30)(H2,28,29,31)/t19-,22+/m1/s1. The van der Waals surface area contributed by atoms with Gasteiger partial charge in [0.2, 0.25) is 0 Å². The lowest BCUT2D eigenvalue weighted by Crippen LogP contribution is -2.61. The molecule has 0 unspecified atom stereocenters. The van der Waals surface area contributed by atoms with Gasteiger partial charge in [0.1, 0.15) is 0 Å². The van der Waals surface area contributed by atoms with E-state index in [1.165, 1.54) is 0 Å². The molecule has 6 heteroatoms. The first kappa shape index (κ1) is 22.7. The van der Waals surface area contributed by atoms with Crippen molar-refractivity contribution < 1.29 is 9.59 Å². The summed E-state index contributed by atoms with van der Waals surface area (Å²) in [6, 6.07) is 11.7. The first-order chi connectivity index (χ1) is 14.6. The van der Waals surface area contributed by atoms with Gasteiger partial charge in [0.15, 0.2) is 0 Å². The summed E-state index contributed by atoms with van der Waals surface area (Å²) < 4.78 is 0. The fourth-order valence-electron chi connectivity index (χ4n) is 4.05. The molecule has 0 aromatic heterocycles. The molecule has 6 nitrogen and oxygen atoms in total. The number of carbonyl (C=O) groups excluding carboxylic acids is 2. The van der Waals surface area contributed by atoms with Gasteiger partial charge in [-0.3, -0.25) is 0 Å². The van der Waals surface area contributed by atoms with Crippen LogP contribution in [0.5, 0.6) is 0 Å². The maximum Gasteiger partial charge on any atom is 0.319 e.